The smallest absolute Gasteiger partial charge is 0.330 e. The van der Waals surface area contributed by atoms with Crippen molar-refractivity contribution in [2.45, 2.75) is 6.92 Å². The molecule has 27 heavy (non-hydrogen) atoms. The highest BCUT2D eigenvalue weighted by Crippen LogP contribution is 2.33. The number of fused-ring (bicyclic) bond motifs is 1. The van der Waals surface area contributed by atoms with E-state index < -0.39 is 5.97 Å². The summed E-state index contributed by atoms with van der Waals surface area (Å²) in [5, 5.41) is 2.05. The van der Waals surface area contributed by atoms with Crippen LogP contribution in [0.5, 0.6) is 11.5 Å². The van der Waals surface area contributed by atoms with Crippen LogP contribution in [0, 0.1) is 0 Å². The summed E-state index contributed by atoms with van der Waals surface area (Å²) in [6.07, 6.45) is 1.12. The number of esters is 1. The monoisotopic (exact) mass is 374 g/mol. The SMILES string of the molecule is C=CC(=O)OCCOCCOCCOc1ccc(OCC)c2ccccc12. The molecule has 0 aliphatic carbocycles. The summed E-state index contributed by atoms with van der Waals surface area (Å²) in [6, 6.07) is 11.8. The zero-order chi connectivity index (χ0) is 19.3. The second-order valence-electron chi connectivity index (χ2n) is 5.49. The van der Waals surface area contributed by atoms with Crippen LogP contribution in [0.15, 0.2) is 49.1 Å². The Bertz CT molecular complexity index is 728. The quantitative estimate of drug-likeness (QED) is 0.304. The van der Waals surface area contributed by atoms with Gasteiger partial charge in [-0.1, -0.05) is 30.8 Å². The van der Waals surface area contributed by atoms with Crippen molar-refractivity contribution in [3.8, 4) is 11.5 Å². The van der Waals surface area contributed by atoms with E-state index in [9.17, 15) is 4.79 Å². The van der Waals surface area contributed by atoms with Gasteiger partial charge in [-0.25, -0.2) is 4.79 Å². The van der Waals surface area contributed by atoms with Gasteiger partial charge in [0.15, 0.2) is 0 Å². The van der Waals surface area contributed by atoms with Crippen molar-refractivity contribution in [1.29, 1.82) is 0 Å². The van der Waals surface area contributed by atoms with Crippen LogP contribution in [0.25, 0.3) is 10.8 Å². The van der Waals surface area contributed by atoms with Crippen LogP contribution < -0.4 is 9.47 Å². The Morgan fingerprint density at radius 3 is 2.00 bits per heavy atom. The standard InChI is InChI=1S/C21H26O6/c1-3-21(22)27-16-14-24-12-11-23-13-15-26-20-10-9-19(25-4-2)17-7-5-6-8-18(17)20/h3,5-10H,1,4,11-16H2,2H3. The molecule has 0 aliphatic rings. The van der Waals surface area contributed by atoms with Crippen molar-refractivity contribution in [2.75, 3.05) is 46.2 Å². The number of hydrogen-bond donors (Lipinski definition) is 0. The number of carbonyl (C=O) groups excluding carboxylic acids is 1. The van der Waals surface area contributed by atoms with E-state index in [-0.39, 0.29) is 6.61 Å². The fourth-order valence-corrected chi connectivity index (χ4v) is 2.44. The van der Waals surface area contributed by atoms with E-state index in [1.807, 2.05) is 43.3 Å². The van der Waals surface area contributed by atoms with Gasteiger partial charge in [-0.05, 0) is 19.1 Å². The molecule has 0 spiro atoms. The summed E-state index contributed by atoms with van der Waals surface area (Å²) < 4.78 is 27.1. The predicted octanol–water partition coefficient (Wildman–Crippen LogP) is 3.38. The van der Waals surface area contributed by atoms with Crippen molar-refractivity contribution < 1.29 is 28.5 Å². The molecule has 146 valence electrons. The lowest BCUT2D eigenvalue weighted by Crippen LogP contribution is -2.13. The van der Waals surface area contributed by atoms with Crippen molar-refractivity contribution in [3.63, 3.8) is 0 Å². The van der Waals surface area contributed by atoms with E-state index in [0.29, 0.717) is 39.6 Å². The zero-order valence-electron chi connectivity index (χ0n) is 15.6. The third-order valence-electron chi connectivity index (χ3n) is 3.64. The van der Waals surface area contributed by atoms with Crippen LogP contribution >= 0.6 is 0 Å². The van der Waals surface area contributed by atoms with Crippen molar-refractivity contribution >= 4 is 16.7 Å². The van der Waals surface area contributed by atoms with E-state index >= 15 is 0 Å². The van der Waals surface area contributed by atoms with Crippen molar-refractivity contribution in [1.82, 2.24) is 0 Å². The van der Waals surface area contributed by atoms with Crippen LogP contribution in [0.2, 0.25) is 0 Å². The van der Waals surface area contributed by atoms with Crippen molar-refractivity contribution in [2.24, 2.45) is 0 Å². The number of hydrogen-bond acceptors (Lipinski definition) is 6. The van der Waals surface area contributed by atoms with E-state index in [4.69, 9.17) is 23.7 Å². The molecule has 0 amide bonds. The molecular weight excluding hydrogens is 348 g/mol. The lowest BCUT2D eigenvalue weighted by atomic mass is 10.1. The Morgan fingerprint density at radius 1 is 0.852 bits per heavy atom. The molecule has 0 heterocycles. The highest BCUT2D eigenvalue weighted by atomic mass is 16.6. The minimum absolute atomic E-state index is 0.207. The van der Waals surface area contributed by atoms with E-state index in [0.717, 1.165) is 28.3 Å². The normalized spacial score (nSPS) is 10.6. The number of benzene rings is 2. The molecule has 0 radical (unpaired) electrons. The number of rotatable bonds is 13. The second kappa shape index (κ2) is 11.9. The van der Waals surface area contributed by atoms with Gasteiger partial charge in [-0.3, -0.25) is 0 Å². The van der Waals surface area contributed by atoms with Gasteiger partial charge in [0.25, 0.3) is 0 Å². The van der Waals surface area contributed by atoms with Gasteiger partial charge in [-0.2, -0.15) is 0 Å². The van der Waals surface area contributed by atoms with E-state index in [1.165, 1.54) is 0 Å². The summed E-state index contributed by atoms with van der Waals surface area (Å²) in [6.45, 7) is 8.21. The first-order valence-electron chi connectivity index (χ1n) is 8.98. The molecule has 0 saturated carbocycles. The third-order valence-corrected chi connectivity index (χ3v) is 3.64. The molecule has 6 nitrogen and oxygen atoms in total. The summed E-state index contributed by atoms with van der Waals surface area (Å²) in [4.78, 5) is 10.8. The van der Waals surface area contributed by atoms with Crippen LogP contribution in [-0.2, 0) is 19.0 Å². The van der Waals surface area contributed by atoms with E-state index in [2.05, 4.69) is 6.58 Å². The summed E-state index contributed by atoms with van der Waals surface area (Å²) in [7, 11) is 0. The molecule has 0 saturated heterocycles. The van der Waals surface area contributed by atoms with Crippen LogP contribution in [0.4, 0.5) is 0 Å². The average Bonchev–Trinajstić information content (AvgIpc) is 2.70. The van der Waals surface area contributed by atoms with Crippen LogP contribution in [0.1, 0.15) is 6.92 Å². The molecule has 0 bridgehead atoms. The third kappa shape index (κ3) is 6.92. The van der Waals surface area contributed by atoms with Gasteiger partial charge in [0.1, 0.15) is 24.7 Å². The maximum absolute atomic E-state index is 10.8. The Kier molecular flexibility index (Phi) is 9.17. The second-order valence-corrected chi connectivity index (χ2v) is 5.49. The number of carbonyl (C=O) groups is 1. The van der Waals surface area contributed by atoms with Crippen LogP contribution in [0.3, 0.4) is 0 Å². The lowest BCUT2D eigenvalue weighted by Gasteiger charge is -2.13. The first kappa shape index (κ1) is 20.7. The van der Waals surface area contributed by atoms with Gasteiger partial charge >= 0.3 is 5.97 Å². The average molecular weight is 374 g/mol. The molecule has 0 fully saturated rings. The topological polar surface area (TPSA) is 63.2 Å². The molecule has 0 aliphatic heterocycles. The molecule has 6 heteroatoms. The Balaban J connectivity index is 1.65. The fraction of sp³-hybridized carbons (Fsp3) is 0.381. The molecule has 2 aromatic carbocycles. The molecule has 2 rings (SSSR count). The fourth-order valence-electron chi connectivity index (χ4n) is 2.44. The summed E-state index contributed by atoms with van der Waals surface area (Å²) in [5.41, 5.74) is 0. The van der Waals surface area contributed by atoms with Crippen LogP contribution in [-0.4, -0.2) is 52.2 Å². The molecule has 2 aromatic rings. The molecule has 0 N–H and O–H groups in total. The lowest BCUT2D eigenvalue weighted by molar-refractivity contribution is -0.139. The highest BCUT2D eigenvalue weighted by Gasteiger charge is 2.07. The first-order chi connectivity index (χ1) is 13.3. The summed E-state index contributed by atoms with van der Waals surface area (Å²) in [5.74, 6) is 1.21. The van der Waals surface area contributed by atoms with Gasteiger partial charge in [0, 0.05) is 16.8 Å². The maximum Gasteiger partial charge on any atom is 0.330 e. The summed E-state index contributed by atoms with van der Waals surface area (Å²) >= 11 is 0. The molecular formula is C21H26O6. The van der Waals surface area contributed by atoms with Gasteiger partial charge in [-0.15, -0.1) is 0 Å². The highest BCUT2D eigenvalue weighted by molar-refractivity contribution is 5.93. The first-order valence-corrected chi connectivity index (χ1v) is 8.98. The van der Waals surface area contributed by atoms with Crippen molar-refractivity contribution in [3.05, 3.63) is 49.1 Å². The Morgan fingerprint density at radius 2 is 1.41 bits per heavy atom. The Hall–Kier alpha value is -2.57. The molecule has 0 unspecified atom stereocenters. The predicted molar refractivity (Wildman–Crippen MR) is 103 cm³/mol. The van der Waals surface area contributed by atoms with Gasteiger partial charge < -0.3 is 23.7 Å². The zero-order valence-corrected chi connectivity index (χ0v) is 15.6. The van der Waals surface area contributed by atoms with Gasteiger partial charge in [0.2, 0.25) is 0 Å². The number of ether oxygens (including phenoxy) is 5. The van der Waals surface area contributed by atoms with E-state index in [1.54, 1.807) is 0 Å². The molecule has 0 atom stereocenters. The Labute approximate surface area is 159 Å². The minimum atomic E-state index is -0.450. The minimum Gasteiger partial charge on any atom is -0.493 e. The van der Waals surface area contributed by atoms with Gasteiger partial charge in [0.05, 0.1) is 33.0 Å². The largest absolute Gasteiger partial charge is 0.493 e. The maximum atomic E-state index is 10.8. The molecule has 0 aromatic heterocycles.